The van der Waals surface area contributed by atoms with E-state index in [1.165, 1.54) is 55.8 Å². The van der Waals surface area contributed by atoms with E-state index in [0.717, 1.165) is 47.5 Å². The van der Waals surface area contributed by atoms with E-state index >= 15 is 0 Å². The molecule has 0 aromatic rings. The van der Waals surface area contributed by atoms with Crippen molar-refractivity contribution in [3.05, 3.63) is 0 Å². The van der Waals surface area contributed by atoms with Gasteiger partial charge < -0.3 is 4.48 Å². The zero-order valence-corrected chi connectivity index (χ0v) is 22.6. The summed E-state index contributed by atoms with van der Waals surface area (Å²) in [7, 11) is 7.31. The number of fused-ring (bicyclic) bond motifs is 5. The molecule has 180 valence electrons. The van der Waals surface area contributed by atoms with Crippen LogP contribution in [0.2, 0.25) is 0 Å². The summed E-state index contributed by atoms with van der Waals surface area (Å²) in [5.41, 5.74) is 1.30. The van der Waals surface area contributed by atoms with Crippen LogP contribution >= 0.6 is 0 Å². The largest absolute Gasteiger partial charge is 0.328 e. The summed E-state index contributed by atoms with van der Waals surface area (Å²) in [5, 5.41) is 0. The SMILES string of the molecule is CC(C)CCC[C@@H](C)[C@H]1CC[C@H]2[C@@H]3CC[C@H]4C[C@@H]([N+](C)(C)C)CC[C@]4(C)[C@H]3CC[C@]12C. The molecule has 0 heterocycles. The van der Waals surface area contributed by atoms with Crippen LogP contribution in [0.25, 0.3) is 0 Å². The van der Waals surface area contributed by atoms with Gasteiger partial charge in [-0.05, 0) is 104 Å². The fourth-order valence-corrected chi connectivity index (χ4v) is 9.96. The highest BCUT2D eigenvalue weighted by molar-refractivity contribution is 5.09. The van der Waals surface area contributed by atoms with Gasteiger partial charge in [-0.1, -0.05) is 53.9 Å². The van der Waals surface area contributed by atoms with Crippen LogP contribution in [0.15, 0.2) is 0 Å². The first-order valence-electron chi connectivity index (χ1n) is 14.3. The van der Waals surface area contributed by atoms with E-state index in [-0.39, 0.29) is 0 Å². The highest BCUT2D eigenvalue weighted by atomic mass is 15.3. The van der Waals surface area contributed by atoms with Crippen molar-refractivity contribution in [2.24, 2.45) is 52.3 Å². The first-order valence-corrected chi connectivity index (χ1v) is 14.3. The number of hydrogen-bond donors (Lipinski definition) is 0. The maximum absolute atomic E-state index is 2.76. The summed E-state index contributed by atoms with van der Waals surface area (Å²) in [6, 6.07) is 0.894. The predicted octanol–water partition coefficient (Wildman–Crippen LogP) is 8.18. The molecule has 31 heavy (non-hydrogen) atoms. The molecule has 0 unspecified atom stereocenters. The normalized spacial score (nSPS) is 46.4. The molecule has 4 rings (SSSR count). The van der Waals surface area contributed by atoms with Crippen LogP contribution in [0.4, 0.5) is 0 Å². The van der Waals surface area contributed by atoms with Gasteiger partial charge in [-0.2, -0.15) is 0 Å². The van der Waals surface area contributed by atoms with E-state index in [0.29, 0.717) is 10.8 Å². The number of nitrogens with zero attached hydrogens (tertiary/aromatic N) is 1. The molecule has 0 N–H and O–H groups in total. The third kappa shape index (κ3) is 4.28. The van der Waals surface area contributed by atoms with E-state index in [1.807, 2.05) is 0 Å². The van der Waals surface area contributed by atoms with Crippen molar-refractivity contribution in [3.8, 4) is 0 Å². The summed E-state index contributed by atoms with van der Waals surface area (Å²) in [6.45, 7) is 12.9. The molecule has 0 spiro atoms. The summed E-state index contributed by atoms with van der Waals surface area (Å²) < 4.78 is 1.18. The lowest BCUT2D eigenvalue weighted by Gasteiger charge is -2.62. The molecule has 0 saturated heterocycles. The molecule has 4 saturated carbocycles. The Kier molecular flexibility index (Phi) is 6.71. The molecule has 0 aromatic heterocycles. The van der Waals surface area contributed by atoms with Crippen LogP contribution in [-0.4, -0.2) is 31.7 Å². The minimum Gasteiger partial charge on any atom is -0.328 e. The second-order valence-electron chi connectivity index (χ2n) is 14.7. The quantitative estimate of drug-likeness (QED) is 0.373. The second kappa shape index (κ2) is 8.63. The van der Waals surface area contributed by atoms with Crippen molar-refractivity contribution in [1.29, 1.82) is 0 Å². The number of quaternary nitrogens is 1. The molecule has 0 radical (unpaired) electrons. The summed E-state index contributed by atoms with van der Waals surface area (Å²) in [4.78, 5) is 0. The van der Waals surface area contributed by atoms with Gasteiger partial charge in [-0.15, -0.1) is 0 Å². The molecule has 9 atom stereocenters. The van der Waals surface area contributed by atoms with Crippen LogP contribution < -0.4 is 0 Å². The van der Waals surface area contributed by atoms with Crippen molar-refractivity contribution >= 4 is 0 Å². The Morgan fingerprint density at radius 2 is 1.45 bits per heavy atom. The monoisotopic (exact) mass is 430 g/mol. The van der Waals surface area contributed by atoms with Gasteiger partial charge in [0.25, 0.3) is 0 Å². The Morgan fingerprint density at radius 1 is 0.774 bits per heavy atom. The molecule has 4 fully saturated rings. The molecular weight excluding hydrogens is 374 g/mol. The molecule has 1 nitrogen and oxygen atoms in total. The van der Waals surface area contributed by atoms with E-state index < -0.39 is 0 Å². The molecular formula is C30H56N+. The van der Waals surface area contributed by atoms with Gasteiger partial charge in [0.2, 0.25) is 0 Å². The summed E-state index contributed by atoms with van der Waals surface area (Å²) in [5.74, 6) is 6.94. The number of hydrogen-bond acceptors (Lipinski definition) is 0. The van der Waals surface area contributed by atoms with Crippen molar-refractivity contribution in [2.75, 3.05) is 21.1 Å². The third-order valence-electron chi connectivity index (χ3n) is 11.9. The van der Waals surface area contributed by atoms with Crippen molar-refractivity contribution in [1.82, 2.24) is 0 Å². The van der Waals surface area contributed by atoms with Gasteiger partial charge in [0.1, 0.15) is 0 Å². The Morgan fingerprint density at radius 3 is 2.13 bits per heavy atom. The van der Waals surface area contributed by atoms with Crippen molar-refractivity contribution < 1.29 is 4.48 Å². The van der Waals surface area contributed by atoms with E-state index in [2.05, 4.69) is 55.8 Å². The maximum atomic E-state index is 2.76. The lowest BCUT2D eigenvalue weighted by molar-refractivity contribution is -0.898. The fraction of sp³-hybridized carbons (Fsp3) is 1.00. The minimum absolute atomic E-state index is 0.650. The van der Waals surface area contributed by atoms with Gasteiger partial charge in [-0.3, -0.25) is 0 Å². The summed E-state index contributed by atoms with van der Waals surface area (Å²) in [6.07, 6.45) is 18.1. The lowest BCUT2D eigenvalue weighted by atomic mass is 9.44. The van der Waals surface area contributed by atoms with Crippen molar-refractivity contribution in [2.45, 2.75) is 118 Å². The van der Waals surface area contributed by atoms with Gasteiger partial charge in [-0.25, -0.2) is 0 Å². The average molecular weight is 431 g/mol. The maximum Gasteiger partial charge on any atom is 0.0887 e. The fourth-order valence-electron chi connectivity index (χ4n) is 9.96. The van der Waals surface area contributed by atoms with Crippen LogP contribution in [0.1, 0.15) is 112 Å². The predicted molar refractivity (Wildman–Crippen MR) is 135 cm³/mol. The topological polar surface area (TPSA) is 0 Å². The molecule has 4 aliphatic carbocycles. The Labute approximate surface area is 195 Å². The van der Waals surface area contributed by atoms with Gasteiger partial charge in [0.15, 0.2) is 0 Å². The van der Waals surface area contributed by atoms with Crippen molar-refractivity contribution in [3.63, 3.8) is 0 Å². The first-order chi connectivity index (χ1) is 14.5. The number of rotatable bonds is 6. The second-order valence-corrected chi connectivity index (χ2v) is 14.7. The van der Waals surface area contributed by atoms with Crippen LogP contribution in [0.3, 0.4) is 0 Å². The Balaban J connectivity index is 1.45. The molecule has 0 bridgehead atoms. The summed E-state index contributed by atoms with van der Waals surface area (Å²) >= 11 is 0. The van der Waals surface area contributed by atoms with Gasteiger partial charge >= 0.3 is 0 Å². The standard InChI is InChI=1S/C30H56N/c1-21(2)10-9-11-22(3)26-14-15-27-25-13-12-23-20-24(31(6,7)8)16-18-29(23,4)28(25)17-19-30(26,27)5/h21-28H,9-20H2,1-8H3/q+1/t22-,23+,24+,25+,26-,27+,28+,29+,30-/m1/s1. The molecule has 0 aliphatic heterocycles. The third-order valence-corrected chi connectivity index (χ3v) is 11.9. The lowest BCUT2D eigenvalue weighted by Crippen LogP contribution is -2.57. The van der Waals surface area contributed by atoms with E-state index in [1.54, 1.807) is 25.7 Å². The highest BCUT2D eigenvalue weighted by Gasteiger charge is 2.61. The van der Waals surface area contributed by atoms with E-state index in [9.17, 15) is 0 Å². The Bertz CT molecular complexity index is 616. The highest BCUT2D eigenvalue weighted by Crippen LogP contribution is 2.68. The van der Waals surface area contributed by atoms with Gasteiger partial charge in [0.05, 0.1) is 27.2 Å². The smallest absolute Gasteiger partial charge is 0.0887 e. The van der Waals surface area contributed by atoms with Gasteiger partial charge in [0, 0.05) is 6.42 Å². The van der Waals surface area contributed by atoms with Crippen LogP contribution in [0.5, 0.6) is 0 Å². The molecule has 4 aliphatic rings. The zero-order valence-electron chi connectivity index (χ0n) is 22.6. The average Bonchev–Trinajstić information content (AvgIpc) is 3.03. The van der Waals surface area contributed by atoms with E-state index in [4.69, 9.17) is 0 Å². The molecule has 1 heteroatoms. The minimum atomic E-state index is 0.650. The van der Waals surface area contributed by atoms with Crippen LogP contribution in [-0.2, 0) is 0 Å². The molecule has 0 aromatic carbocycles. The molecule has 0 amide bonds. The first kappa shape index (κ1) is 24.1. The van der Waals surface area contributed by atoms with Crippen LogP contribution in [0, 0.1) is 52.3 Å². The Hall–Kier alpha value is -0.0400. The zero-order chi connectivity index (χ0) is 22.6.